The highest BCUT2D eigenvalue weighted by Gasteiger charge is 2.49. The van der Waals surface area contributed by atoms with Gasteiger partial charge in [0.2, 0.25) is 0 Å². The molecule has 0 aliphatic carbocycles. The van der Waals surface area contributed by atoms with Crippen molar-refractivity contribution in [3.05, 3.63) is 0 Å². The number of carbonyl (C=O) groups is 1. The summed E-state index contributed by atoms with van der Waals surface area (Å²) in [4.78, 5) is 11.2. The van der Waals surface area contributed by atoms with Gasteiger partial charge in [0.25, 0.3) is 0 Å². The van der Waals surface area contributed by atoms with Gasteiger partial charge in [-0.3, -0.25) is 4.79 Å². The maximum Gasteiger partial charge on any atom is 0.512 e. The Labute approximate surface area is 85.3 Å². The Hall–Kier alpha value is 0.117. The van der Waals surface area contributed by atoms with E-state index in [9.17, 15) is 4.79 Å². The SMILES string of the molecule is CCC(C(=O)S)[Si](OC)(OC)OC. The second-order valence-corrected chi connectivity index (χ2v) is 6.08. The number of thiol groups is 1. The van der Waals surface area contributed by atoms with Crippen LogP contribution in [0.5, 0.6) is 0 Å². The van der Waals surface area contributed by atoms with E-state index in [0.717, 1.165) is 0 Å². The third kappa shape index (κ3) is 2.78. The summed E-state index contributed by atoms with van der Waals surface area (Å²) in [6.07, 6.45) is 0.601. The highest BCUT2D eigenvalue weighted by molar-refractivity contribution is 7.97. The van der Waals surface area contributed by atoms with Crippen LogP contribution < -0.4 is 0 Å². The minimum Gasteiger partial charge on any atom is -0.376 e. The Bertz CT molecular complexity index is 164. The predicted octanol–water partition coefficient (Wildman–Crippen LogP) is 1.10. The first-order valence-electron chi connectivity index (χ1n) is 3.96. The van der Waals surface area contributed by atoms with Crippen molar-refractivity contribution < 1.29 is 18.1 Å². The van der Waals surface area contributed by atoms with E-state index in [1.807, 2.05) is 6.92 Å². The zero-order valence-corrected chi connectivity index (χ0v) is 10.3. The number of carbonyl (C=O) groups excluding carboxylic acids is 1. The topological polar surface area (TPSA) is 44.8 Å². The lowest BCUT2D eigenvalue weighted by Gasteiger charge is -2.29. The molecule has 0 saturated heterocycles. The van der Waals surface area contributed by atoms with Crippen molar-refractivity contribution in [1.82, 2.24) is 0 Å². The van der Waals surface area contributed by atoms with Gasteiger partial charge in [-0.1, -0.05) is 6.92 Å². The average Bonchev–Trinajstić information content (AvgIpc) is 2.13. The van der Waals surface area contributed by atoms with Gasteiger partial charge in [-0.15, -0.1) is 12.6 Å². The van der Waals surface area contributed by atoms with Crippen LogP contribution in [-0.4, -0.2) is 35.2 Å². The van der Waals surface area contributed by atoms with Crippen LogP contribution in [-0.2, 0) is 18.1 Å². The monoisotopic (exact) mass is 224 g/mol. The molecule has 4 nitrogen and oxygen atoms in total. The first kappa shape index (κ1) is 13.1. The smallest absolute Gasteiger partial charge is 0.376 e. The molecule has 0 aromatic rings. The van der Waals surface area contributed by atoms with E-state index in [0.29, 0.717) is 6.42 Å². The van der Waals surface area contributed by atoms with Crippen molar-refractivity contribution in [3.8, 4) is 0 Å². The first-order chi connectivity index (χ1) is 6.07. The molecule has 0 aliphatic heterocycles. The molecule has 0 fully saturated rings. The molecule has 0 aromatic carbocycles. The first-order valence-corrected chi connectivity index (χ1v) is 6.21. The van der Waals surface area contributed by atoms with Crippen LogP contribution in [0.1, 0.15) is 13.3 Å². The molecule has 0 radical (unpaired) electrons. The van der Waals surface area contributed by atoms with Crippen LogP contribution in [0, 0.1) is 0 Å². The molecule has 0 saturated carbocycles. The summed E-state index contributed by atoms with van der Waals surface area (Å²) < 4.78 is 15.5. The Morgan fingerprint density at radius 2 is 1.69 bits per heavy atom. The van der Waals surface area contributed by atoms with E-state index in [-0.39, 0.29) is 5.12 Å². The third-order valence-corrected chi connectivity index (χ3v) is 5.77. The lowest BCUT2D eigenvalue weighted by atomic mass is 10.4. The number of hydrogen-bond donors (Lipinski definition) is 1. The minimum absolute atomic E-state index is 0.250. The van der Waals surface area contributed by atoms with Crippen LogP contribution in [0.25, 0.3) is 0 Å². The van der Waals surface area contributed by atoms with E-state index >= 15 is 0 Å². The van der Waals surface area contributed by atoms with Crippen molar-refractivity contribution in [2.45, 2.75) is 18.9 Å². The summed E-state index contributed by atoms with van der Waals surface area (Å²) in [6, 6.07) is 0. The Balaban J connectivity index is 4.76. The molecule has 0 amide bonds. The van der Waals surface area contributed by atoms with Crippen LogP contribution in [0.15, 0.2) is 0 Å². The molecular weight excluding hydrogens is 208 g/mol. The largest absolute Gasteiger partial charge is 0.512 e. The van der Waals surface area contributed by atoms with Gasteiger partial charge >= 0.3 is 8.80 Å². The molecule has 0 spiro atoms. The molecular formula is C7H16O4SSi. The summed E-state index contributed by atoms with van der Waals surface area (Å²) in [6.45, 7) is 1.87. The molecule has 0 heterocycles. The summed E-state index contributed by atoms with van der Waals surface area (Å²) in [5.74, 6) is 0. The molecule has 0 aliphatic rings. The molecule has 6 heteroatoms. The zero-order chi connectivity index (χ0) is 10.5. The van der Waals surface area contributed by atoms with Gasteiger partial charge in [-0.2, -0.15) is 0 Å². The van der Waals surface area contributed by atoms with Crippen LogP contribution >= 0.6 is 12.6 Å². The molecule has 0 N–H and O–H groups in total. The summed E-state index contributed by atoms with van der Waals surface area (Å²) in [5.41, 5.74) is -0.393. The van der Waals surface area contributed by atoms with E-state index in [1.165, 1.54) is 21.3 Å². The van der Waals surface area contributed by atoms with E-state index < -0.39 is 14.3 Å². The second kappa shape index (κ2) is 5.76. The average molecular weight is 224 g/mol. The maximum atomic E-state index is 11.2. The maximum absolute atomic E-state index is 11.2. The van der Waals surface area contributed by atoms with Crippen LogP contribution in [0.2, 0.25) is 5.54 Å². The summed E-state index contributed by atoms with van der Waals surface area (Å²) in [7, 11) is 1.62. The van der Waals surface area contributed by atoms with Crippen molar-refractivity contribution in [2.24, 2.45) is 0 Å². The van der Waals surface area contributed by atoms with Gasteiger partial charge in [0, 0.05) is 21.3 Å². The standard InChI is InChI=1S/C7H16O4SSi/c1-5-6(7(8)12)13(9-2,10-3)11-4/h6H,5H2,1-4H3,(H,8,12). The lowest BCUT2D eigenvalue weighted by molar-refractivity contribution is -0.112. The van der Waals surface area contributed by atoms with Gasteiger partial charge in [-0.05, 0) is 6.42 Å². The fourth-order valence-electron chi connectivity index (χ4n) is 1.25. The van der Waals surface area contributed by atoms with Gasteiger partial charge in [0.15, 0.2) is 5.12 Å². The Morgan fingerprint density at radius 1 is 1.31 bits per heavy atom. The van der Waals surface area contributed by atoms with Gasteiger partial charge in [0.05, 0.1) is 5.54 Å². The van der Waals surface area contributed by atoms with Crippen molar-refractivity contribution >= 4 is 26.5 Å². The quantitative estimate of drug-likeness (QED) is 0.542. The lowest BCUT2D eigenvalue weighted by Crippen LogP contribution is -2.49. The molecule has 0 rings (SSSR count). The molecule has 78 valence electrons. The van der Waals surface area contributed by atoms with Crippen LogP contribution in [0.3, 0.4) is 0 Å². The highest BCUT2D eigenvalue weighted by atomic mass is 32.1. The highest BCUT2D eigenvalue weighted by Crippen LogP contribution is 2.29. The number of hydrogen-bond acceptors (Lipinski definition) is 4. The third-order valence-electron chi connectivity index (χ3n) is 1.99. The van der Waals surface area contributed by atoms with Crippen molar-refractivity contribution in [3.63, 3.8) is 0 Å². The number of rotatable bonds is 6. The molecule has 1 atom stereocenters. The fourth-order valence-corrected chi connectivity index (χ4v) is 4.07. The summed E-state index contributed by atoms with van der Waals surface area (Å²) in [5, 5.41) is -0.250. The molecule has 1 unspecified atom stereocenters. The fraction of sp³-hybridized carbons (Fsp3) is 0.857. The van der Waals surface area contributed by atoms with E-state index in [2.05, 4.69) is 12.6 Å². The second-order valence-electron chi connectivity index (χ2n) is 2.51. The zero-order valence-electron chi connectivity index (χ0n) is 8.36. The van der Waals surface area contributed by atoms with Crippen LogP contribution in [0.4, 0.5) is 0 Å². The molecule has 13 heavy (non-hydrogen) atoms. The molecule has 0 bridgehead atoms. The molecule has 0 aromatic heterocycles. The van der Waals surface area contributed by atoms with E-state index in [4.69, 9.17) is 13.3 Å². The Kier molecular flexibility index (Phi) is 5.82. The summed E-state index contributed by atoms with van der Waals surface area (Å²) >= 11 is 3.78. The predicted molar refractivity (Wildman–Crippen MR) is 54.8 cm³/mol. The minimum atomic E-state index is -2.84. The van der Waals surface area contributed by atoms with Crippen molar-refractivity contribution in [2.75, 3.05) is 21.3 Å². The van der Waals surface area contributed by atoms with Gasteiger partial charge in [-0.25, -0.2) is 0 Å². The van der Waals surface area contributed by atoms with Gasteiger partial charge < -0.3 is 13.3 Å². The Morgan fingerprint density at radius 3 is 1.77 bits per heavy atom. The van der Waals surface area contributed by atoms with E-state index in [1.54, 1.807) is 0 Å². The van der Waals surface area contributed by atoms with Crippen molar-refractivity contribution in [1.29, 1.82) is 0 Å². The van der Waals surface area contributed by atoms with Gasteiger partial charge in [0.1, 0.15) is 0 Å². The normalized spacial score (nSPS) is 14.2.